The monoisotopic (exact) mass is 300 g/mol. The highest BCUT2D eigenvalue weighted by atomic mass is 19.1. The van der Waals surface area contributed by atoms with Gasteiger partial charge in [0.15, 0.2) is 0 Å². The number of nitro benzene ring substituents is 1. The molecule has 1 rings (SSSR count). The van der Waals surface area contributed by atoms with Crippen LogP contribution in [-0.2, 0) is 16.0 Å². The fourth-order valence-electron chi connectivity index (χ4n) is 1.79. The lowest BCUT2D eigenvalue weighted by Crippen LogP contribution is -2.35. The van der Waals surface area contributed by atoms with Gasteiger partial charge in [0, 0.05) is 6.07 Å². The number of benzene rings is 1. The van der Waals surface area contributed by atoms with Crippen molar-refractivity contribution in [3.8, 4) is 0 Å². The van der Waals surface area contributed by atoms with E-state index in [9.17, 15) is 24.1 Å². The van der Waals surface area contributed by atoms with Crippen molar-refractivity contribution >= 4 is 17.6 Å². The molecular weight excluding hydrogens is 287 g/mol. The van der Waals surface area contributed by atoms with Crippen LogP contribution in [0.1, 0.15) is 12.0 Å². The van der Waals surface area contributed by atoms with Crippen molar-refractivity contribution in [1.29, 1.82) is 0 Å². The molecule has 0 heterocycles. The predicted molar refractivity (Wildman–Crippen MR) is 68.1 cm³/mol. The van der Waals surface area contributed by atoms with Gasteiger partial charge in [-0.15, -0.1) is 0 Å². The van der Waals surface area contributed by atoms with Gasteiger partial charge in [0.2, 0.25) is 5.82 Å². The summed E-state index contributed by atoms with van der Waals surface area (Å²) in [6.45, 7) is 0. The number of aliphatic carboxylic acids is 2. The summed E-state index contributed by atoms with van der Waals surface area (Å²) in [4.78, 5) is 31.4. The maximum absolute atomic E-state index is 13.2. The quantitative estimate of drug-likeness (QED) is 0.498. The Kier molecular flexibility index (Phi) is 5.30. The SMILES string of the molecule is NC(CC(Cc1ccc(F)c([N+](=O)[O-])c1)C(=O)O)C(=O)O. The lowest BCUT2D eigenvalue weighted by atomic mass is 9.93. The van der Waals surface area contributed by atoms with Crippen LogP contribution in [0, 0.1) is 21.8 Å². The smallest absolute Gasteiger partial charge is 0.320 e. The molecule has 8 nitrogen and oxygen atoms in total. The summed E-state index contributed by atoms with van der Waals surface area (Å²) in [6, 6.07) is 1.65. The average molecular weight is 300 g/mol. The van der Waals surface area contributed by atoms with Gasteiger partial charge in [-0.05, 0) is 24.5 Å². The number of carbonyl (C=O) groups is 2. The highest BCUT2D eigenvalue weighted by Gasteiger charge is 2.25. The molecule has 21 heavy (non-hydrogen) atoms. The summed E-state index contributed by atoms with van der Waals surface area (Å²) in [5.74, 6) is -4.79. The van der Waals surface area contributed by atoms with Crippen molar-refractivity contribution in [2.45, 2.75) is 18.9 Å². The number of carboxylic acids is 2. The Hall–Kier alpha value is -2.55. The maximum atomic E-state index is 13.2. The van der Waals surface area contributed by atoms with Crippen LogP contribution in [0.15, 0.2) is 18.2 Å². The zero-order valence-electron chi connectivity index (χ0n) is 10.7. The summed E-state index contributed by atoms with van der Waals surface area (Å²) >= 11 is 0. The van der Waals surface area contributed by atoms with Crippen molar-refractivity contribution in [2.75, 3.05) is 0 Å². The van der Waals surface area contributed by atoms with Crippen LogP contribution in [0.3, 0.4) is 0 Å². The molecule has 4 N–H and O–H groups in total. The van der Waals surface area contributed by atoms with Crippen molar-refractivity contribution in [3.63, 3.8) is 0 Å². The van der Waals surface area contributed by atoms with E-state index in [4.69, 9.17) is 15.9 Å². The van der Waals surface area contributed by atoms with Gasteiger partial charge in [-0.1, -0.05) is 6.07 Å². The minimum Gasteiger partial charge on any atom is -0.481 e. The van der Waals surface area contributed by atoms with E-state index in [1.165, 1.54) is 6.07 Å². The largest absolute Gasteiger partial charge is 0.481 e. The highest BCUT2D eigenvalue weighted by Crippen LogP contribution is 2.22. The first kappa shape index (κ1) is 16.5. The first-order chi connectivity index (χ1) is 9.72. The van der Waals surface area contributed by atoms with Gasteiger partial charge < -0.3 is 15.9 Å². The molecule has 2 unspecified atom stereocenters. The third kappa shape index (κ3) is 4.49. The van der Waals surface area contributed by atoms with Gasteiger partial charge in [0.05, 0.1) is 10.8 Å². The number of carboxylic acid groups (broad SMARTS) is 2. The molecule has 0 aliphatic carbocycles. The molecule has 0 saturated carbocycles. The van der Waals surface area contributed by atoms with E-state index >= 15 is 0 Å². The lowest BCUT2D eigenvalue weighted by molar-refractivity contribution is -0.387. The van der Waals surface area contributed by atoms with Crippen molar-refractivity contribution in [1.82, 2.24) is 0 Å². The molecule has 0 radical (unpaired) electrons. The standard InChI is InChI=1S/C12H13FN2O6/c13-8-2-1-6(4-10(8)15(20)21)3-7(11(16)17)5-9(14)12(18)19/h1-2,4,7,9H,3,5,14H2,(H,16,17)(H,18,19). The van der Waals surface area contributed by atoms with Crippen molar-refractivity contribution in [3.05, 3.63) is 39.7 Å². The first-order valence-electron chi connectivity index (χ1n) is 5.86. The molecule has 0 saturated heterocycles. The van der Waals surface area contributed by atoms with E-state index in [-0.39, 0.29) is 18.4 Å². The van der Waals surface area contributed by atoms with Gasteiger partial charge in [-0.3, -0.25) is 19.7 Å². The Bertz CT molecular complexity index is 577. The van der Waals surface area contributed by atoms with Gasteiger partial charge >= 0.3 is 17.6 Å². The molecule has 2 atom stereocenters. The third-order valence-corrected chi connectivity index (χ3v) is 2.89. The number of hydrogen-bond donors (Lipinski definition) is 3. The molecule has 1 aromatic rings. The van der Waals surface area contributed by atoms with Crippen molar-refractivity contribution < 1.29 is 29.1 Å². The molecule has 0 bridgehead atoms. The molecule has 9 heteroatoms. The van der Waals surface area contributed by atoms with E-state index in [1.807, 2.05) is 0 Å². The van der Waals surface area contributed by atoms with Crippen LogP contribution < -0.4 is 5.73 Å². The summed E-state index contributed by atoms with van der Waals surface area (Å²) in [5, 5.41) is 28.3. The van der Waals surface area contributed by atoms with E-state index in [1.54, 1.807) is 0 Å². The molecule has 0 aliphatic heterocycles. The fourth-order valence-corrected chi connectivity index (χ4v) is 1.79. The zero-order chi connectivity index (χ0) is 16.2. The molecule has 0 aromatic heterocycles. The van der Waals surface area contributed by atoms with E-state index in [0.717, 1.165) is 12.1 Å². The van der Waals surface area contributed by atoms with Crippen molar-refractivity contribution in [2.24, 2.45) is 11.7 Å². The Morgan fingerprint density at radius 3 is 2.43 bits per heavy atom. The number of nitrogens with zero attached hydrogens (tertiary/aromatic N) is 1. The third-order valence-electron chi connectivity index (χ3n) is 2.89. The van der Waals surface area contributed by atoms with E-state index in [0.29, 0.717) is 0 Å². The molecule has 0 fully saturated rings. The van der Waals surface area contributed by atoms with Crippen LogP contribution in [0.2, 0.25) is 0 Å². The normalized spacial score (nSPS) is 13.4. The zero-order valence-corrected chi connectivity index (χ0v) is 10.7. The van der Waals surface area contributed by atoms with Gasteiger partial charge in [0.25, 0.3) is 0 Å². The number of nitro groups is 1. The highest BCUT2D eigenvalue weighted by molar-refractivity contribution is 5.76. The van der Waals surface area contributed by atoms with Gasteiger partial charge in [-0.25, -0.2) is 0 Å². The summed E-state index contributed by atoms with van der Waals surface area (Å²) < 4.78 is 13.2. The lowest BCUT2D eigenvalue weighted by Gasteiger charge is -2.14. The van der Waals surface area contributed by atoms with Crippen LogP contribution in [-0.4, -0.2) is 33.1 Å². The maximum Gasteiger partial charge on any atom is 0.320 e. The van der Waals surface area contributed by atoms with Crippen LogP contribution in [0.25, 0.3) is 0 Å². The number of rotatable bonds is 7. The Morgan fingerprint density at radius 2 is 1.95 bits per heavy atom. The van der Waals surface area contributed by atoms with Crippen LogP contribution >= 0.6 is 0 Å². The average Bonchev–Trinajstić information content (AvgIpc) is 2.39. The second-order valence-electron chi connectivity index (χ2n) is 4.46. The molecule has 114 valence electrons. The Morgan fingerprint density at radius 1 is 1.33 bits per heavy atom. The summed E-state index contributed by atoms with van der Waals surface area (Å²) in [6.07, 6.45) is -0.521. The van der Waals surface area contributed by atoms with Gasteiger partial charge in [-0.2, -0.15) is 4.39 Å². The predicted octanol–water partition coefficient (Wildman–Crippen LogP) is 0.779. The number of halogens is 1. The molecule has 0 spiro atoms. The summed E-state index contributed by atoms with van der Waals surface area (Å²) in [5.41, 5.74) is 4.73. The topological polar surface area (TPSA) is 144 Å². The van der Waals surface area contributed by atoms with Gasteiger partial charge in [0.1, 0.15) is 6.04 Å². The van der Waals surface area contributed by atoms with E-state index < -0.39 is 40.3 Å². The minimum atomic E-state index is -1.36. The molecule has 1 aromatic carbocycles. The van der Waals surface area contributed by atoms with E-state index in [2.05, 4.69) is 0 Å². The molecule has 0 aliphatic rings. The summed E-state index contributed by atoms with van der Waals surface area (Å²) in [7, 11) is 0. The van der Waals surface area contributed by atoms with Crippen LogP contribution in [0.5, 0.6) is 0 Å². The number of hydrogen-bond acceptors (Lipinski definition) is 5. The Balaban J connectivity index is 2.94. The van der Waals surface area contributed by atoms with Crippen LogP contribution in [0.4, 0.5) is 10.1 Å². The second kappa shape index (κ2) is 6.75. The number of nitrogens with two attached hydrogens (primary N) is 1. The fraction of sp³-hybridized carbons (Fsp3) is 0.333. The second-order valence-corrected chi connectivity index (χ2v) is 4.46. The molecular formula is C12H13FN2O6. The minimum absolute atomic E-state index is 0.183. The Labute approximate surface area is 118 Å². The molecule has 0 amide bonds. The first-order valence-corrected chi connectivity index (χ1v) is 5.86.